The molecule has 6 heteroatoms. The maximum atomic E-state index is 11.6. The van der Waals surface area contributed by atoms with Crippen LogP contribution >= 0.6 is 12.4 Å². The second-order valence-corrected chi connectivity index (χ2v) is 8.68. The number of rotatable bonds is 5. The fourth-order valence-electron chi connectivity index (χ4n) is 5.44. The highest BCUT2D eigenvalue weighted by atomic mass is 35.5. The number of aromatic nitrogens is 2. The molecule has 3 aliphatic heterocycles. The number of aliphatic hydroxyl groups excluding tert-OH is 1. The van der Waals surface area contributed by atoms with E-state index in [1.807, 2.05) is 42.6 Å². The second-order valence-electron chi connectivity index (χ2n) is 8.68. The van der Waals surface area contributed by atoms with Crippen molar-refractivity contribution in [3.8, 4) is 17.0 Å². The number of piperidine rings is 3. The van der Waals surface area contributed by atoms with Crippen LogP contribution in [0.2, 0.25) is 0 Å². The largest absolute Gasteiger partial charge is 0.497 e. The molecule has 1 N–H and O–H groups in total. The third-order valence-corrected chi connectivity index (χ3v) is 7.15. The van der Waals surface area contributed by atoms with Crippen molar-refractivity contribution in [2.75, 3.05) is 20.2 Å². The van der Waals surface area contributed by atoms with E-state index in [0.717, 1.165) is 64.8 Å². The van der Waals surface area contributed by atoms with Crippen molar-refractivity contribution < 1.29 is 9.84 Å². The molecule has 3 saturated heterocycles. The number of ether oxygens (including phenoxy) is 1. The molecule has 1 unspecified atom stereocenters. The Kier molecular flexibility index (Phi) is 6.47. The van der Waals surface area contributed by atoms with E-state index in [-0.39, 0.29) is 18.4 Å². The van der Waals surface area contributed by atoms with E-state index in [4.69, 9.17) is 9.72 Å². The number of hydrogen-bond donors (Lipinski definition) is 1. The fraction of sp³-hybridized carbons (Fsp3) is 0.440. The summed E-state index contributed by atoms with van der Waals surface area (Å²) in [5, 5.41) is 12.6. The average Bonchev–Trinajstić information content (AvgIpc) is 2.83. The van der Waals surface area contributed by atoms with Crippen LogP contribution in [0.15, 0.2) is 48.8 Å². The van der Waals surface area contributed by atoms with Crippen LogP contribution < -0.4 is 4.74 Å². The van der Waals surface area contributed by atoms with E-state index in [1.165, 1.54) is 12.8 Å². The summed E-state index contributed by atoms with van der Waals surface area (Å²) in [5.41, 5.74) is 3.61. The molecule has 5 heterocycles. The molecule has 0 saturated carbocycles. The maximum absolute atomic E-state index is 11.6. The van der Waals surface area contributed by atoms with Gasteiger partial charge in [0.05, 0.1) is 24.4 Å². The molecule has 0 spiro atoms. The number of pyridine rings is 2. The van der Waals surface area contributed by atoms with Crippen molar-refractivity contribution in [2.45, 2.75) is 38.3 Å². The van der Waals surface area contributed by atoms with Gasteiger partial charge in [-0.25, -0.2) is 4.98 Å². The van der Waals surface area contributed by atoms with Crippen LogP contribution in [-0.4, -0.2) is 46.2 Å². The first kappa shape index (κ1) is 22.0. The molecule has 0 amide bonds. The molecule has 2 aromatic heterocycles. The molecule has 2 bridgehead atoms. The predicted molar refractivity (Wildman–Crippen MR) is 126 cm³/mol. The van der Waals surface area contributed by atoms with Crippen LogP contribution in [0.5, 0.6) is 5.75 Å². The SMILES string of the molecule is CC[C@H]1CN2CC[C@@H]1C[C@H]2[C@H](O)c1cc(-c2cccnc2)nc2ccc(OC)cc12.Cl. The minimum absolute atomic E-state index is 0. The van der Waals surface area contributed by atoms with Crippen LogP contribution in [0, 0.1) is 11.8 Å². The van der Waals surface area contributed by atoms with Crippen molar-refractivity contribution in [1.82, 2.24) is 14.9 Å². The van der Waals surface area contributed by atoms with Crippen molar-refractivity contribution in [3.63, 3.8) is 0 Å². The number of halogens is 1. The van der Waals surface area contributed by atoms with Gasteiger partial charge in [-0.15, -0.1) is 12.4 Å². The molecule has 3 aromatic rings. The van der Waals surface area contributed by atoms with Crippen LogP contribution in [0.4, 0.5) is 0 Å². The zero-order valence-corrected chi connectivity index (χ0v) is 18.9. The molecule has 3 fully saturated rings. The van der Waals surface area contributed by atoms with E-state index in [1.54, 1.807) is 13.3 Å². The monoisotopic (exact) mass is 439 g/mol. The fourth-order valence-corrected chi connectivity index (χ4v) is 5.44. The Hall–Kier alpha value is -2.21. The van der Waals surface area contributed by atoms with Crippen molar-refractivity contribution in [3.05, 3.63) is 54.4 Å². The third kappa shape index (κ3) is 4.02. The minimum atomic E-state index is -0.557. The summed E-state index contributed by atoms with van der Waals surface area (Å²) in [6.07, 6.45) is 6.58. The second kappa shape index (κ2) is 9.11. The van der Waals surface area contributed by atoms with Gasteiger partial charge < -0.3 is 9.84 Å². The number of hydrogen-bond acceptors (Lipinski definition) is 5. The highest BCUT2D eigenvalue weighted by molar-refractivity contribution is 5.87. The molecule has 5 atom stereocenters. The first-order valence-electron chi connectivity index (χ1n) is 11.0. The van der Waals surface area contributed by atoms with Gasteiger partial charge in [-0.2, -0.15) is 0 Å². The molecule has 164 valence electrons. The molecule has 6 rings (SSSR count). The van der Waals surface area contributed by atoms with E-state index in [9.17, 15) is 5.11 Å². The van der Waals surface area contributed by atoms with Gasteiger partial charge in [-0.1, -0.05) is 13.3 Å². The number of aliphatic hydroxyl groups is 1. The van der Waals surface area contributed by atoms with E-state index in [0.29, 0.717) is 0 Å². The number of benzene rings is 1. The lowest BCUT2D eigenvalue weighted by Gasteiger charge is -2.51. The van der Waals surface area contributed by atoms with Crippen molar-refractivity contribution in [1.29, 1.82) is 0 Å². The van der Waals surface area contributed by atoms with E-state index >= 15 is 0 Å². The lowest BCUT2D eigenvalue weighted by atomic mass is 9.72. The molecule has 1 aromatic carbocycles. The quantitative estimate of drug-likeness (QED) is 0.613. The van der Waals surface area contributed by atoms with Crippen molar-refractivity contribution in [2.24, 2.45) is 11.8 Å². The highest BCUT2D eigenvalue weighted by Gasteiger charge is 2.42. The minimum Gasteiger partial charge on any atom is -0.497 e. The Morgan fingerprint density at radius 3 is 2.81 bits per heavy atom. The van der Waals surface area contributed by atoms with Gasteiger partial charge in [0.25, 0.3) is 0 Å². The van der Waals surface area contributed by atoms with Gasteiger partial charge in [-0.3, -0.25) is 9.88 Å². The molecular formula is C25H30ClN3O2. The van der Waals surface area contributed by atoms with Gasteiger partial charge >= 0.3 is 0 Å². The van der Waals surface area contributed by atoms with Gasteiger partial charge in [0.15, 0.2) is 0 Å². The first-order chi connectivity index (χ1) is 14.7. The van der Waals surface area contributed by atoms with E-state index in [2.05, 4.69) is 16.8 Å². The van der Waals surface area contributed by atoms with Gasteiger partial charge in [0.1, 0.15) is 5.75 Å². The molecule has 31 heavy (non-hydrogen) atoms. The van der Waals surface area contributed by atoms with Gasteiger partial charge in [0.2, 0.25) is 0 Å². The summed E-state index contributed by atoms with van der Waals surface area (Å²) >= 11 is 0. The van der Waals surface area contributed by atoms with Crippen LogP contribution in [0.3, 0.4) is 0 Å². The normalized spacial score (nSPS) is 25.8. The Labute approximate surface area is 189 Å². The highest BCUT2D eigenvalue weighted by Crippen LogP contribution is 2.43. The number of methoxy groups -OCH3 is 1. The summed E-state index contributed by atoms with van der Waals surface area (Å²) in [6, 6.07) is 12.0. The Bertz CT molecular complexity index is 1050. The molecule has 0 aliphatic carbocycles. The first-order valence-corrected chi connectivity index (χ1v) is 11.0. The predicted octanol–water partition coefficient (Wildman–Crippen LogP) is 4.88. The summed E-state index contributed by atoms with van der Waals surface area (Å²) in [5.74, 6) is 2.27. The molecule has 3 aliphatic rings. The maximum Gasteiger partial charge on any atom is 0.119 e. The molecule has 5 nitrogen and oxygen atoms in total. The average molecular weight is 440 g/mol. The zero-order chi connectivity index (χ0) is 20.7. The van der Waals surface area contributed by atoms with Crippen molar-refractivity contribution >= 4 is 23.3 Å². The van der Waals surface area contributed by atoms with Crippen LogP contribution in [-0.2, 0) is 0 Å². The topological polar surface area (TPSA) is 58.5 Å². The zero-order valence-electron chi connectivity index (χ0n) is 18.1. The Morgan fingerprint density at radius 2 is 2.13 bits per heavy atom. The van der Waals surface area contributed by atoms with Gasteiger partial charge in [-0.05, 0) is 73.2 Å². The Balaban J connectivity index is 0.00000231. The molecule has 0 radical (unpaired) electrons. The summed E-state index contributed by atoms with van der Waals surface area (Å²) in [4.78, 5) is 11.6. The lowest BCUT2D eigenvalue weighted by Crippen LogP contribution is -2.55. The number of fused-ring (bicyclic) bond motifs is 4. The summed E-state index contributed by atoms with van der Waals surface area (Å²) in [6.45, 7) is 4.48. The summed E-state index contributed by atoms with van der Waals surface area (Å²) < 4.78 is 5.47. The third-order valence-electron chi connectivity index (χ3n) is 7.15. The smallest absolute Gasteiger partial charge is 0.119 e. The Morgan fingerprint density at radius 1 is 1.26 bits per heavy atom. The molecular weight excluding hydrogens is 410 g/mol. The van der Waals surface area contributed by atoms with Crippen LogP contribution in [0.1, 0.15) is 37.9 Å². The van der Waals surface area contributed by atoms with E-state index < -0.39 is 6.10 Å². The summed E-state index contributed by atoms with van der Waals surface area (Å²) in [7, 11) is 1.67. The number of nitrogens with zero attached hydrogens (tertiary/aromatic N) is 3. The lowest BCUT2D eigenvalue weighted by molar-refractivity contribution is -0.0562. The van der Waals surface area contributed by atoms with Crippen LogP contribution in [0.25, 0.3) is 22.2 Å². The standard InChI is InChI=1S/C25H29N3O2.ClH/c1-3-16-15-28-10-8-17(16)11-24(28)25(29)21-13-23(18-5-4-9-26-14-18)27-22-7-6-19(30-2)12-20(21)22;/h4-7,9,12-14,16-17,24-25,29H,3,8,10-11,15H2,1-2H3;1H/t16-,17+,24-,25+;/m0./s1. The van der Waals surface area contributed by atoms with Gasteiger partial charge in [0, 0.05) is 35.9 Å².